The number of aryl methyl sites for hydroxylation is 3. The minimum Gasteiger partial charge on any atom is -0.508 e. The van der Waals surface area contributed by atoms with Gasteiger partial charge < -0.3 is 5.11 Å². The maximum Gasteiger partial charge on any atom is 0.116 e. The van der Waals surface area contributed by atoms with Gasteiger partial charge in [0.2, 0.25) is 0 Å². The Bertz CT molecular complexity index is 570. The van der Waals surface area contributed by atoms with Crippen LogP contribution in [-0.4, -0.2) is 5.11 Å². The summed E-state index contributed by atoms with van der Waals surface area (Å²) in [6.07, 6.45) is 3.11. The first-order chi connectivity index (χ1) is 9.19. The number of rotatable bonds is 4. The van der Waals surface area contributed by atoms with Crippen LogP contribution in [0.5, 0.6) is 5.75 Å². The third-order valence-electron chi connectivity index (χ3n) is 3.75. The molecule has 0 aliphatic carbocycles. The van der Waals surface area contributed by atoms with Crippen molar-refractivity contribution in [3.63, 3.8) is 0 Å². The number of phenols is 1. The second kappa shape index (κ2) is 5.92. The number of hydrogen-bond acceptors (Lipinski definition) is 1. The summed E-state index contributed by atoms with van der Waals surface area (Å²) in [4.78, 5) is 0. The lowest BCUT2D eigenvalue weighted by Crippen LogP contribution is -1.93. The van der Waals surface area contributed by atoms with Gasteiger partial charge in [-0.15, -0.1) is 0 Å². The normalized spacial score (nSPS) is 10.7. The summed E-state index contributed by atoms with van der Waals surface area (Å²) in [6.45, 7) is 6.54. The van der Waals surface area contributed by atoms with Gasteiger partial charge in [-0.05, 0) is 59.2 Å². The lowest BCUT2D eigenvalue weighted by Gasteiger charge is -2.12. The molecule has 19 heavy (non-hydrogen) atoms. The molecule has 100 valence electrons. The minimum atomic E-state index is 0.338. The molecule has 0 atom stereocenters. The van der Waals surface area contributed by atoms with Crippen molar-refractivity contribution in [2.45, 2.75) is 40.0 Å². The van der Waals surface area contributed by atoms with Crippen LogP contribution < -0.4 is 0 Å². The maximum absolute atomic E-state index is 9.72. The zero-order valence-electron chi connectivity index (χ0n) is 12.0. The van der Waals surface area contributed by atoms with Crippen LogP contribution in [0.25, 0.3) is 11.1 Å². The summed E-state index contributed by atoms with van der Waals surface area (Å²) in [5.41, 5.74) is 6.47. The molecule has 0 bridgehead atoms. The lowest BCUT2D eigenvalue weighted by molar-refractivity contribution is 0.475. The van der Waals surface area contributed by atoms with Crippen LogP contribution >= 0.6 is 0 Å². The Balaban J connectivity index is 2.55. The zero-order chi connectivity index (χ0) is 13.8. The van der Waals surface area contributed by atoms with Crippen molar-refractivity contribution in [3.05, 3.63) is 53.1 Å². The molecule has 0 heterocycles. The predicted molar refractivity (Wildman–Crippen MR) is 81.7 cm³/mol. The van der Waals surface area contributed by atoms with Crippen LogP contribution in [-0.2, 0) is 19.3 Å². The average molecular weight is 254 g/mol. The van der Waals surface area contributed by atoms with Crippen molar-refractivity contribution >= 4 is 0 Å². The average Bonchev–Trinajstić information content (AvgIpc) is 2.46. The Labute approximate surface area is 115 Å². The van der Waals surface area contributed by atoms with Gasteiger partial charge in [0.1, 0.15) is 5.75 Å². The Morgan fingerprint density at radius 3 is 2.00 bits per heavy atom. The molecule has 1 heteroatoms. The number of hydrogen-bond donors (Lipinski definition) is 1. The number of phenolic OH excluding ortho intramolecular Hbond substituents is 1. The lowest BCUT2D eigenvalue weighted by atomic mass is 9.93. The van der Waals surface area contributed by atoms with E-state index in [4.69, 9.17) is 0 Å². The van der Waals surface area contributed by atoms with Crippen molar-refractivity contribution in [2.24, 2.45) is 0 Å². The highest BCUT2D eigenvalue weighted by molar-refractivity contribution is 5.70. The van der Waals surface area contributed by atoms with E-state index in [1.165, 1.54) is 22.3 Å². The largest absolute Gasteiger partial charge is 0.508 e. The van der Waals surface area contributed by atoms with Crippen LogP contribution in [0.3, 0.4) is 0 Å². The van der Waals surface area contributed by atoms with Gasteiger partial charge in [0.25, 0.3) is 0 Å². The van der Waals surface area contributed by atoms with Crippen LogP contribution in [0.1, 0.15) is 37.5 Å². The third-order valence-corrected chi connectivity index (χ3v) is 3.75. The molecule has 0 aliphatic rings. The quantitative estimate of drug-likeness (QED) is 0.835. The Kier molecular flexibility index (Phi) is 4.26. The first-order valence-electron chi connectivity index (χ1n) is 7.13. The van der Waals surface area contributed by atoms with Crippen molar-refractivity contribution < 1.29 is 5.11 Å². The molecule has 0 saturated carbocycles. The molecule has 0 amide bonds. The second-order valence-corrected chi connectivity index (χ2v) is 4.89. The van der Waals surface area contributed by atoms with Crippen LogP contribution in [0.4, 0.5) is 0 Å². The predicted octanol–water partition coefficient (Wildman–Crippen LogP) is 4.75. The fourth-order valence-corrected chi connectivity index (χ4v) is 2.61. The van der Waals surface area contributed by atoms with Crippen molar-refractivity contribution in [1.29, 1.82) is 0 Å². The zero-order valence-corrected chi connectivity index (χ0v) is 12.0. The van der Waals surface area contributed by atoms with E-state index < -0.39 is 0 Å². The highest BCUT2D eigenvalue weighted by Crippen LogP contribution is 2.30. The monoisotopic (exact) mass is 254 g/mol. The summed E-state index contributed by atoms with van der Waals surface area (Å²) in [6, 6.07) is 12.3. The number of benzene rings is 2. The minimum absolute atomic E-state index is 0.338. The molecule has 0 aromatic heterocycles. The molecule has 0 saturated heterocycles. The van der Waals surface area contributed by atoms with E-state index >= 15 is 0 Å². The second-order valence-electron chi connectivity index (χ2n) is 4.89. The summed E-state index contributed by atoms with van der Waals surface area (Å²) < 4.78 is 0. The van der Waals surface area contributed by atoms with Crippen LogP contribution in [0.2, 0.25) is 0 Å². The number of aromatic hydroxyl groups is 1. The van der Waals surface area contributed by atoms with Crippen molar-refractivity contribution in [2.75, 3.05) is 0 Å². The van der Waals surface area contributed by atoms with Gasteiger partial charge in [0.15, 0.2) is 0 Å². The topological polar surface area (TPSA) is 20.2 Å². The summed E-state index contributed by atoms with van der Waals surface area (Å²) >= 11 is 0. The third kappa shape index (κ3) is 2.81. The molecule has 0 spiro atoms. The fraction of sp³-hybridized carbons (Fsp3) is 0.333. The van der Waals surface area contributed by atoms with E-state index in [1.54, 1.807) is 6.07 Å². The van der Waals surface area contributed by atoms with E-state index in [9.17, 15) is 5.11 Å². The van der Waals surface area contributed by atoms with Crippen LogP contribution in [0.15, 0.2) is 36.4 Å². The summed E-state index contributed by atoms with van der Waals surface area (Å²) in [5.74, 6) is 0.338. The van der Waals surface area contributed by atoms with Gasteiger partial charge in [-0.25, -0.2) is 0 Å². The molecule has 2 aromatic carbocycles. The van der Waals surface area contributed by atoms with Gasteiger partial charge in [-0.2, -0.15) is 0 Å². The molecule has 0 radical (unpaired) electrons. The van der Waals surface area contributed by atoms with Gasteiger partial charge >= 0.3 is 0 Å². The molecule has 2 rings (SSSR count). The smallest absolute Gasteiger partial charge is 0.116 e. The molecular formula is C18H22O. The Morgan fingerprint density at radius 2 is 1.37 bits per heavy atom. The van der Waals surface area contributed by atoms with E-state index in [1.807, 2.05) is 12.1 Å². The van der Waals surface area contributed by atoms with Crippen molar-refractivity contribution in [1.82, 2.24) is 0 Å². The highest BCUT2D eigenvalue weighted by atomic mass is 16.3. The van der Waals surface area contributed by atoms with E-state index in [2.05, 4.69) is 39.0 Å². The molecule has 0 aliphatic heterocycles. The molecule has 0 unspecified atom stereocenters. The molecule has 0 fully saturated rings. The molecule has 1 nitrogen and oxygen atoms in total. The van der Waals surface area contributed by atoms with Gasteiger partial charge in [-0.3, -0.25) is 0 Å². The highest BCUT2D eigenvalue weighted by Gasteiger charge is 2.07. The fourth-order valence-electron chi connectivity index (χ4n) is 2.61. The Hall–Kier alpha value is -1.76. The first kappa shape index (κ1) is 13.7. The standard InChI is InChI=1S/C18H22O/c1-4-13-7-8-16(11-15(13)6-3)18-12-17(19)10-9-14(18)5-2/h7-12,19H,4-6H2,1-3H3. The van der Waals surface area contributed by atoms with E-state index in [0.717, 1.165) is 24.8 Å². The van der Waals surface area contributed by atoms with E-state index in [-0.39, 0.29) is 0 Å². The van der Waals surface area contributed by atoms with Crippen molar-refractivity contribution in [3.8, 4) is 16.9 Å². The molecule has 1 N–H and O–H groups in total. The first-order valence-corrected chi connectivity index (χ1v) is 7.13. The van der Waals surface area contributed by atoms with Gasteiger partial charge in [0, 0.05) is 0 Å². The summed E-state index contributed by atoms with van der Waals surface area (Å²) in [5, 5.41) is 9.72. The molecular weight excluding hydrogens is 232 g/mol. The maximum atomic E-state index is 9.72. The SMILES string of the molecule is CCc1ccc(-c2cc(O)ccc2CC)cc1CC. The van der Waals surface area contributed by atoms with Gasteiger partial charge in [0.05, 0.1) is 0 Å². The van der Waals surface area contributed by atoms with Crippen LogP contribution in [0, 0.1) is 0 Å². The van der Waals surface area contributed by atoms with Gasteiger partial charge in [-0.1, -0.05) is 45.0 Å². The molecule has 2 aromatic rings. The Morgan fingerprint density at radius 1 is 0.737 bits per heavy atom. The summed E-state index contributed by atoms with van der Waals surface area (Å²) in [7, 11) is 0. The van der Waals surface area contributed by atoms with E-state index in [0.29, 0.717) is 5.75 Å².